The molecule has 2 N–H and O–H groups in total. The first-order chi connectivity index (χ1) is 15.8. The van der Waals surface area contributed by atoms with Gasteiger partial charge < -0.3 is 29.3 Å². The van der Waals surface area contributed by atoms with Gasteiger partial charge in [0.1, 0.15) is 24.3 Å². The Labute approximate surface area is 191 Å². The number of ether oxygens (including phenoxy) is 3. The van der Waals surface area contributed by atoms with Gasteiger partial charge in [0.05, 0.1) is 17.7 Å². The van der Waals surface area contributed by atoms with Crippen LogP contribution >= 0.6 is 11.6 Å². The second kappa shape index (κ2) is 10.1. The second-order valence-corrected chi connectivity index (χ2v) is 8.15. The molecule has 1 saturated heterocycles. The van der Waals surface area contributed by atoms with E-state index in [0.29, 0.717) is 25.3 Å². The van der Waals surface area contributed by atoms with Gasteiger partial charge in [-0.2, -0.15) is 0 Å². The van der Waals surface area contributed by atoms with Gasteiger partial charge in [0.2, 0.25) is 5.89 Å². The fraction of sp³-hybridized carbons (Fsp3) is 0.550. The monoisotopic (exact) mass is 490 g/mol. The van der Waals surface area contributed by atoms with Crippen LogP contribution in [0, 0.1) is 5.82 Å². The fourth-order valence-corrected chi connectivity index (χ4v) is 3.40. The van der Waals surface area contributed by atoms with E-state index in [1.54, 1.807) is 0 Å². The van der Waals surface area contributed by atoms with Crippen LogP contribution in [0.1, 0.15) is 31.2 Å². The molecule has 0 bridgehead atoms. The number of carbonyl (C=O) groups excluding carboxylic acids is 1. The third kappa shape index (κ3) is 6.49. The number of alkyl halides is 2. The lowest BCUT2D eigenvalue weighted by molar-refractivity contribution is -0.124. The SMILES string of the molecule is O=C(COc1ccc(Cl)c(F)c1)N[C@H]1CC[C@H](c2nnc(OCCO[C@@H]3CC3(F)F)o2)NC1. The molecule has 33 heavy (non-hydrogen) atoms. The first-order valence-electron chi connectivity index (χ1n) is 10.4. The van der Waals surface area contributed by atoms with Gasteiger partial charge in [-0.1, -0.05) is 16.7 Å². The van der Waals surface area contributed by atoms with Crippen LogP contribution in [0.5, 0.6) is 11.8 Å². The third-order valence-corrected chi connectivity index (χ3v) is 5.46. The Morgan fingerprint density at radius 2 is 2.09 bits per heavy atom. The lowest BCUT2D eigenvalue weighted by Crippen LogP contribution is -2.48. The summed E-state index contributed by atoms with van der Waals surface area (Å²) in [6, 6.07) is 3.61. The number of nitrogens with one attached hydrogen (secondary N) is 2. The molecule has 3 atom stereocenters. The smallest absolute Gasteiger partial charge is 0.414 e. The van der Waals surface area contributed by atoms with Crippen molar-refractivity contribution in [2.75, 3.05) is 26.4 Å². The van der Waals surface area contributed by atoms with Crippen LogP contribution in [0.15, 0.2) is 22.6 Å². The molecule has 1 amide bonds. The van der Waals surface area contributed by atoms with Crippen LogP contribution in [0.2, 0.25) is 5.02 Å². The van der Waals surface area contributed by atoms with Crippen LogP contribution in [0.3, 0.4) is 0 Å². The van der Waals surface area contributed by atoms with Gasteiger partial charge in [-0.05, 0) is 25.0 Å². The summed E-state index contributed by atoms with van der Waals surface area (Å²) in [5, 5.41) is 13.7. The topological polar surface area (TPSA) is 108 Å². The molecule has 1 aliphatic carbocycles. The van der Waals surface area contributed by atoms with Gasteiger partial charge in [0, 0.05) is 25.1 Å². The minimum absolute atomic E-state index is 0.00228. The van der Waals surface area contributed by atoms with Crippen molar-refractivity contribution in [3.05, 3.63) is 34.9 Å². The molecule has 9 nitrogen and oxygen atoms in total. The Hall–Kier alpha value is -2.57. The number of carbonyl (C=O) groups is 1. The average molecular weight is 491 g/mol. The number of hydrogen-bond donors (Lipinski definition) is 2. The molecule has 0 radical (unpaired) electrons. The first kappa shape index (κ1) is 23.6. The van der Waals surface area contributed by atoms with Gasteiger partial charge in [0.25, 0.3) is 11.8 Å². The summed E-state index contributed by atoms with van der Waals surface area (Å²) in [5.41, 5.74) is 0. The number of amides is 1. The molecule has 2 aliphatic rings. The van der Waals surface area contributed by atoms with E-state index in [-0.39, 0.29) is 61.1 Å². The third-order valence-electron chi connectivity index (χ3n) is 5.16. The van der Waals surface area contributed by atoms with Crippen LogP contribution in [0.25, 0.3) is 0 Å². The van der Waals surface area contributed by atoms with Crippen LogP contribution in [-0.4, -0.2) is 60.5 Å². The first-order valence-corrected chi connectivity index (χ1v) is 10.7. The standard InChI is InChI=1S/C20H22ClF3N4O5/c21-13-3-2-12(7-14(13)22)32-10-17(29)26-11-1-4-15(25-9-11)18-27-28-19(33-18)31-6-5-30-16-8-20(16,23)24/h2-3,7,11,15-16,25H,1,4-6,8-10H2,(H,26,29)/t11-,15+,16+/m0/s1. The van der Waals surface area contributed by atoms with E-state index in [0.717, 1.165) is 6.07 Å². The zero-order chi connectivity index (χ0) is 23.4. The summed E-state index contributed by atoms with van der Waals surface area (Å²) in [7, 11) is 0. The Balaban J connectivity index is 1.13. The lowest BCUT2D eigenvalue weighted by Gasteiger charge is -2.28. The highest BCUT2D eigenvalue weighted by molar-refractivity contribution is 6.30. The molecular weight excluding hydrogens is 469 g/mol. The van der Waals surface area contributed by atoms with Gasteiger partial charge in [-0.25, -0.2) is 13.2 Å². The van der Waals surface area contributed by atoms with E-state index in [4.69, 9.17) is 30.2 Å². The quantitative estimate of drug-likeness (QED) is 0.489. The van der Waals surface area contributed by atoms with Crippen molar-refractivity contribution in [1.82, 2.24) is 20.8 Å². The van der Waals surface area contributed by atoms with Crippen molar-refractivity contribution >= 4 is 17.5 Å². The van der Waals surface area contributed by atoms with E-state index in [2.05, 4.69) is 20.8 Å². The van der Waals surface area contributed by atoms with E-state index in [1.807, 2.05) is 0 Å². The zero-order valence-corrected chi connectivity index (χ0v) is 18.1. The molecule has 180 valence electrons. The summed E-state index contributed by atoms with van der Waals surface area (Å²) in [4.78, 5) is 12.1. The Morgan fingerprint density at radius 1 is 1.27 bits per heavy atom. The minimum atomic E-state index is -2.73. The highest BCUT2D eigenvalue weighted by Gasteiger charge is 2.58. The maximum absolute atomic E-state index is 13.4. The van der Waals surface area contributed by atoms with Crippen molar-refractivity contribution in [3.8, 4) is 11.8 Å². The molecule has 1 saturated carbocycles. The lowest BCUT2D eigenvalue weighted by atomic mass is 10.0. The maximum atomic E-state index is 13.4. The summed E-state index contributed by atoms with van der Waals surface area (Å²) < 4.78 is 59.8. The largest absolute Gasteiger partial charge is 0.484 e. The normalized spacial score (nSPS) is 23.7. The summed E-state index contributed by atoms with van der Waals surface area (Å²) >= 11 is 5.61. The average Bonchev–Trinajstić information content (AvgIpc) is 3.17. The van der Waals surface area contributed by atoms with Crippen LogP contribution < -0.4 is 20.1 Å². The molecule has 1 aromatic carbocycles. The predicted octanol–water partition coefficient (Wildman–Crippen LogP) is 2.65. The second-order valence-electron chi connectivity index (χ2n) is 7.75. The number of nitrogens with zero attached hydrogens (tertiary/aromatic N) is 2. The molecule has 1 aromatic heterocycles. The molecule has 4 rings (SSSR count). The molecule has 2 fully saturated rings. The van der Waals surface area contributed by atoms with Gasteiger partial charge in [0.15, 0.2) is 6.61 Å². The van der Waals surface area contributed by atoms with Crippen molar-refractivity contribution in [3.63, 3.8) is 0 Å². The van der Waals surface area contributed by atoms with E-state index in [9.17, 15) is 18.0 Å². The van der Waals surface area contributed by atoms with Crippen LogP contribution in [0.4, 0.5) is 13.2 Å². The summed E-state index contributed by atoms with van der Waals surface area (Å²) in [5.74, 6) is -3.15. The zero-order valence-electron chi connectivity index (χ0n) is 17.4. The number of hydrogen-bond acceptors (Lipinski definition) is 8. The number of aromatic nitrogens is 2. The Bertz CT molecular complexity index is 971. The summed E-state index contributed by atoms with van der Waals surface area (Å²) in [6.07, 6.45) is -0.0890. The number of rotatable bonds is 10. The Morgan fingerprint density at radius 3 is 2.79 bits per heavy atom. The fourth-order valence-electron chi connectivity index (χ4n) is 3.28. The number of piperidine rings is 1. The van der Waals surface area contributed by atoms with E-state index >= 15 is 0 Å². The van der Waals surface area contributed by atoms with Crippen LogP contribution in [-0.2, 0) is 9.53 Å². The van der Waals surface area contributed by atoms with Crippen molar-refractivity contribution in [2.24, 2.45) is 0 Å². The van der Waals surface area contributed by atoms with Crippen molar-refractivity contribution in [2.45, 2.75) is 43.4 Å². The summed E-state index contributed by atoms with van der Waals surface area (Å²) in [6.45, 7) is 0.226. The van der Waals surface area contributed by atoms with Gasteiger partial charge in [-0.3, -0.25) is 4.79 Å². The van der Waals surface area contributed by atoms with E-state index < -0.39 is 17.8 Å². The molecule has 2 heterocycles. The number of benzene rings is 1. The van der Waals surface area contributed by atoms with Crippen molar-refractivity contribution < 1.29 is 36.6 Å². The van der Waals surface area contributed by atoms with Crippen molar-refractivity contribution in [1.29, 1.82) is 0 Å². The maximum Gasteiger partial charge on any atom is 0.414 e. The van der Waals surface area contributed by atoms with E-state index in [1.165, 1.54) is 12.1 Å². The molecule has 13 heteroatoms. The highest BCUT2D eigenvalue weighted by atomic mass is 35.5. The molecule has 2 aromatic rings. The molecule has 1 aliphatic heterocycles. The van der Waals surface area contributed by atoms with Gasteiger partial charge >= 0.3 is 6.08 Å². The molecule has 0 spiro atoms. The number of halogens is 4. The minimum Gasteiger partial charge on any atom is -0.484 e. The predicted molar refractivity (Wildman–Crippen MR) is 108 cm³/mol. The Kier molecular flexibility index (Phi) is 7.25. The van der Waals surface area contributed by atoms with Gasteiger partial charge in [-0.15, -0.1) is 5.10 Å². The highest BCUT2D eigenvalue weighted by Crippen LogP contribution is 2.44. The molecular formula is C20H22ClF3N4O5. The molecule has 0 unspecified atom stereocenters.